The van der Waals surface area contributed by atoms with Gasteiger partial charge >= 0.3 is 0 Å². The number of rotatable bonds is 7. The van der Waals surface area contributed by atoms with Crippen molar-refractivity contribution in [1.82, 2.24) is 14.9 Å². The second-order valence-electron chi connectivity index (χ2n) is 5.73. The first-order valence-corrected chi connectivity index (χ1v) is 7.74. The topological polar surface area (TPSA) is 39.1 Å². The summed E-state index contributed by atoms with van der Waals surface area (Å²) in [7, 11) is 0. The fourth-order valence-electron chi connectivity index (χ4n) is 2.82. The summed E-state index contributed by atoms with van der Waals surface area (Å²) in [6, 6.07) is 0. The van der Waals surface area contributed by atoms with Gasteiger partial charge < -0.3 is 14.6 Å². The van der Waals surface area contributed by atoms with Crippen LogP contribution in [-0.4, -0.2) is 29.3 Å². The average molecular weight is 263 g/mol. The molecule has 0 aromatic carbocycles. The van der Waals surface area contributed by atoms with E-state index in [0.717, 1.165) is 58.0 Å². The molecule has 19 heavy (non-hydrogen) atoms. The molecule has 1 aromatic heterocycles. The van der Waals surface area contributed by atoms with Crippen molar-refractivity contribution in [2.45, 2.75) is 52.1 Å². The quantitative estimate of drug-likeness (QED) is 0.764. The van der Waals surface area contributed by atoms with Gasteiger partial charge in [-0.2, -0.15) is 0 Å². The average Bonchev–Trinajstić information content (AvgIpc) is 3.19. The summed E-state index contributed by atoms with van der Waals surface area (Å²) in [5.41, 5.74) is 2.72. The van der Waals surface area contributed by atoms with Crippen LogP contribution in [0.15, 0.2) is 0 Å². The summed E-state index contributed by atoms with van der Waals surface area (Å²) < 4.78 is 8.17. The molecule has 0 atom stereocenters. The number of ether oxygens (including phenoxy) is 1. The van der Waals surface area contributed by atoms with Crippen molar-refractivity contribution in [3.8, 4) is 0 Å². The van der Waals surface area contributed by atoms with Crippen LogP contribution in [0.5, 0.6) is 0 Å². The Morgan fingerprint density at radius 1 is 1.42 bits per heavy atom. The zero-order valence-electron chi connectivity index (χ0n) is 12.0. The van der Waals surface area contributed by atoms with Crippen LogP contribution in [0.3, 0.4) is 0 Å². The zero-order valence-corrected chi connectivity index (χ0v) is 12.0. The van der Waals surface area contributed by atoms with Crippen LogP contribution in [0.1, 0.15) is 43.4 Å². The second-order valence-corrected chi connectivity index (χ2v) is 5.73. The van der Waals surface area contributed by atoms with Crippen LogP contribution in [0, 0.1) is 5.92 Å². The summed E-state index contributed by atoms with van der Waals surface area (Å²) in [5.74, 6) is 2.12. The van der Waals surface area contributed by atoms with Gasteiger partial charge in [0.25, 0.3) is 0 Å². The fraction of sp³-hybridized carbons (Fsp3) is 0.800. The maximum absolute atomic E-state index is 5.73. The Kier molecular flexibility index (Phi) is 4.18. The largest absolute Gasteiger partial charge is 0.381 e. The number of nitrogens with one attached hydrogen (secondary N) is 1. The summed E-state index contributed by atoms with van der Waals surface area (Å²) in [6.45, 7) is 7.16. The van der Waals surface area contributed by atoms with Gasteiger partial charge in [-0.05, 0) is 25.2 Å². The molecule has 0 amide bonds. The molecule has 4 heteroatoms. The van der Waals surface area contributed by atoms with Gasteiger partial charge in [0, 0.05) is 51.4 Å². The van der Waals surface area contributed by atoms with Crippen molar-refractivity contribution in [3.05, 3.63) is 17.2 Å². The third-order valence-electron chi connectivity index (χ3n) is 4.10. The highest BCUT2D eigenvalue weighted by Gasteiger charge is 2.21. The third-order valence-corrected chi connectivity index (χ3v) is 4.10. The third kappa shape index (κ3) is 3.18. The first-order chi connectivity index (χ1) is 9.38. The Morgan fingerprint density at radius 3 is 3.11 bits per heavy atom. The maximum Gasteiger partial charge on any atom is 0.108 e. The van der Waals surface area contributed by atoms with Crippen molar-refractivity contribution in [2.75, 3.05) is 19.8 Å². The molecule has 3 rings (SSSR count). The molecule has 1 saturated carbocycles. The van der Waals surface area contributed by atoms with Crippen molar-refractivity contribution >= 4 is 0 Å². The first kappa shape index (κ1) is 13.1. The van der Waals surface area contributed by atoms with Crippen LogP contribution in [0.2, 0.25) is 0 Å². The lowest BCUT2D eigenvalue weighted by molar-refractivity contribution is 0.119. The standard InChI is InChI=1S/C15H25N3O/c1-2-15-17-13-10-16-7-6-14(13)18(15)8-3-9-19-11-12-4-5-12/h12,16H,2-11H2,1H3. The predicted octanol–water partition coefficient (Wildman–Crippen LogP) is 1.91. The normalized spacial score (nSPS) is 18.6. The molecule has 0 radical (unpaired) electrons. The number of aryl methyl sites for hydroxylation is 1. The number of fused-ring (bicyclic) bond motifs is 1. The maximum atomic E-state index is 5.73. The second kappa shape index (κ2) is 6.06. The summed E-state index contributed by atoms with van der Waals surface area (Å²) in [5, 5.41) is 3.40. The summed E-state index contributed by atoms with van der Waals surface area (Å²) in [4.78, 5) is 4.77. The molecule has 2 heterocycles. The molecule has 0 spiro atoms. The minimum atomic E-state index is 0.873. The predicted molar refractivity (Wildman–Crippen MR) is 75.2 cm³/mol. The van der Waals surface area contributed by atoms with E-state index in [1.54, 1.807) is 0 Å². The van der Waals surface area contributed by atoms with Gasteiger partial charge in [-0.25, -0.2) is 4.98 Å². The molecule has 1 aromatic rings. The van der Waals surface area contributed by atoms with Gasteiger partial charge in [0.2, 0.25) is 0 Å². The van der Waals surface area contributed by atoms with E-state index in [1.165, 1.54) is 30.1 Å². The van der Waals surface area contributed by atoms with Crippen molar-refractivity contribution in [3.63, 3.8) is 0 Å². The lowest BCUT2D eigenvalue weighted by Crippen LogP contribution is -2.25. The van der Waals surface area contributed by atoms with E-state index >= 15 is 0 Å². The van der Waals surface area contributed by atoms with Crippen LogP contribution in [0.4, 0.5) is 0 Å². The Morgan fingerprint density at radius 2 is 2.32 bits per heavy atom. The molecule has 1 N–H and O–H groups in total. The van der Waals surface area contributed by atoms with Gasteiger partial charge in [-0.3, -0.25) is 0 Å². The Labute approximate surface area is 115 Å². The van der Waals surface area contributed by atoms with E-state index in [1.807, 2.05) is 0 Å². The molecule has 106 valence electrons. The highest BCUT2D eigenvalue weighted by Crippen LogP contribution is 2.28. The molecule has 1 aliphatic heterocycles. The first-order valence-electron chi connectivity index (χ1n) is 7.74. The zero-order chi connectivity index (χ0) is 13.1. The van der Waals surface area contributed by atoms with Crippen LogP contribution >= 0.6 is 0 Å². The van der Waals surface area contributed by atoms with E-state index in [0.29, 0.717) is 0 Å². The van der Waals surface area contributed by atoms with E-state index in [4.69, 9.17) is 9.72 Å². The van der Waals surface area contributed by atoms with Gasteiger partial charge in [0.1, 0.15) is 5.82 Å². The van der Waals surface area contributed by atoms with Crippen LogP contribution in [-0.2, 0) is 30.7 Å². The molecule has 1 fully saturated rings. The molecule has 2 aliphatic rings. The minimum Gasteiger partial charge on any atom is -0.381 e. The molecule has 0 bridgehead atoms. The van der Waals surface area contributed by atoms with Gasteiger partial charge in [0.05, 0.1) is 5.69 Å². The Balaban J connectivity index is 1.54. The summed E-state index contributed by atoms with van der Waals surface area (Å²) >= 11 is 0. The number of hydrogen-bond acceptors (Lipinski definition) is 3. The van der Waals surface area contributed by atoms with Gasteiger partial charge in [-0.15, -0.1) is 0 Å². The molecule has 4 nitrogen and oxygen atoms in total. The number of hydrogen-bond donors (Lipinski definition) is 1. The highest BCUT2D eigenvalue weighted by atomic mass is 16.5. The van der Waals surface area contributed by atoms with Crippen LogP contribution in [0.25, 0.3) is 0 Å². The Hall–Kier alpha value is -0.870. The number of aromatic nitrogens is 2. The molecular formula is C15H25N3O. The number of nitrogens with zero attached hydrogens (tertiary/aromatic N) is 2. The van der Waals surface area contributed by atoms with Gasteiger partial charge in [-0.1, -0.05) is 6.92 Å². The summed E-state index contributed by atoms with van der Waals surface area (Å²) in [6.07, 6.45) is 6.00. The van der Waals surface area contributed by atoms with E-state index < -0.39 is 0 Å². The highest BCUT2D eigenvalue weighted by molar-refractivity contribution is 5.20. The Bertz CT molecular complexity index is 423. The SMILES string of the molecule is CCc1nc2c(n1CCCOCC1CC1)CCNC2. The molecule has 0 unspecified atom stereocenters. The minimum absolute atomic E-state index is 0.873. The molecular weight excluding hydrogens is 238 g/mol. The fourth-order valence-corrected chi connectivity index (χ4v) is 2.82. The molecule has 0 saturated heterocycles. The van der Waals surface area contributed by atoms with Gasteiger partial charge in [0.15, 0.2) is 0 Å². The van der Waals surface area contributed by atoms with Crippen LogP contribution < -0.4 is 5.32 Å². The number of imidazole rings is 1. The monoisotopic (exact) mass is 263 g/mol. The smallest absolute Gasteiger partial charge is 0.108 e. The van der Waals surface area contributed by atoms with E-state index in [-0.39, 0.29) is 0 Å². The van der Waals surface area contributed by atoms with E-state index in [2.05, 4.69) is 16.8 Å². The van der Waals surface area contributed by atoms with Crippen molar-refractivity contribution in [1.29, 1.82) is 0 Å². The van der Waals surface area contributed by atoms with Crippen molar-refractivity contribution < 1.29 is 4.74 Å². The van der Waals surface area contributed by atoms with Crippen molar-refractivity contribution in [2.24, 2.45) is 5.92 Å². The molecule has 1 aliphatic carbocycles. The van der Waals surface area contributed by atoms with E-state index in [9.17, 15) is 0 Å². The lowest BCUT2D eigenvalue weighted by atomic mass is 10.2. The lowest BCUT2D eigenvalue weighted by Gasteiger charge is -2.16.